The molecule has 0 saturated heterocycles. The highest BCUT2D eigenvalue weighted by Gasteiger charge is 2.29. The van der Waals surface area contributed by atoms with Gasteiger partial charge >= 0.3 is 0 Å². The van der Waals surface area contributed by atoms with Gasteiger partial charge in [-0.25, -0.2) is 0 Å². The molecule has 0 radical (unpaired) electrons. The Bertz CT molecular complexity index is 651. The van der Waals surface area contributed by atoms with Crippen molar-refractivity contribution in [2.75, 3.05) is 0 Å². The average Bonchev–Trinajstić information content (AvgIpc) is 2.82. The molecule has 2 atom stereocenters. The molecule has 21 heavy (non-hydrogen) atoms. The van der Waals surface area contributed by atoms with E-state index in [0.29, 0.717) is 0 Å². The lowest BCUT2D eigenvalue weighted by atomic mass is 9.95. The van der Waals surface area contributed by atoms with E-state index in [4.69, 9.17) is 0 Å². The fourth-order valence-electron chi connectivity index (χ4n) is 3.05. The van der Waals surface area contributed by atoms with E-state index in [1.54, 1.807) is 12.1 Å². The maximum Gasteiger partial charge on any atom is 0.269 e. The lowest BCUT2D eigenvalue weighted by molar-refractivity contribution is -0.384. The lowest BCUT2D eigenvalue weighted by Crippen LogP contribution is -2.08. The van der Waals surface area contributed by atoms with Crippen LogP contribution in [0.1, 0.15) is 29.2 Å². The number of fused-ring (bicyclic) bond motifs is 1. The van der Waals surface area contributed by atoms with Crippen LogP contribution in [0, 0.1) is 16.0 Å². The topological polar surface area (TPSA) is 63.4 Å². The van der Waals surface area contributed by atoms with Gasteiger partial charge in [0, 0.05) is 12.1 Å². The Balaban J connectivity index is 1.63. The first-order valence-electron chi connectivity index (χ1n) is 7.14. The molecule has 2 aromatic carbocycles. The first-order chi connectivity index (χ1) is 10.1. The summed E-state index contributed by atoms with van der Waals surface area (Å²) in [6.07, 6.45) is 2.23. The molecule has 2 unspecified atom stereocenters. The zero-order valence-electron chi connectivity index (χ0n) is 11.6. The number of aliphatic hydroxyl groups is 1. The molecule has 1 aliphatic carbocycles. The van der Waals surface area contributed by atoms with Gasteiger partial charge < -0.3 is 5.11 Å². The maximum atomic E-state index is 10.6. The Morgan fingerprint density at radius 3 is 2.52 bits per heavy atom. The van der Waals surface area contributed by atoms with E-state index >= 15 is 0 Å². The molecule has 0 aromatic heterocycles. The smallest absolute Gasteiger partial charge is 0.269 e. The van der Waals surface area contributed by atoms with Crippen molar-refractivity contribution in [3.05, 3.63) is 75.3 Å². The molecule has 4 nitrogen and oxygen atoms in total. The number of nitro groups is 1. The number of hydrogen-bond acceptors (Lipinski definition) is 3. The molecule has 1 N–H and O–H groups in total. The highest BCUT2D eigenvalue weighted by atomic mass is 16.6. The molecule has 0 spiro atoms. The highest BCUT2D eigenvalue weighted by Crippen LogP contribution is 2.38. The number of benzene rings is 2. The van der Waals surface area contributed by atoms with Crippen LogP contribution in [0.15, 0.2) is 48.5 Å². The minimum absolute atomic E-state index is 0.118. The zero-order valence-corrected chi connectivity index (χ0v) is 11.6. The van der Waals surface area contributed by atoms with Gasteiger partial charge in [0.2, 0.25) is 0 Å². The van der Waals surface area contributed by atoms with Gasteiger partial charge in [0.05, 0.1) is 11.0 Å². The molecule has 0 saturated carbocycles. The van der Waals surface area contributed by atoms with E-state index in [1.165, 1.54) is 17.7 Å². The number of non-ortho nitro benzene ring substituents is 1. The van der Waals surface area contributed by atoms with E-state index in [1.807, 2.05) is 18.2 Å². The van der Waals surface area contributed by atoms with Crippen molar-refractivity contribution in [1.29, 1.82) is 0 Å². The molecule has 0 heterocycles. The summed E-state index contributed by atoms with van der Waals surface area (Å²) in [6.45, 7) is 0. The van der Waals surface area contributed by atoms with Crippen LogP contribution in [0.3, 0.4) is 0 Å². The molecule has 0 aliphatic heterocycles. The van der Waals surface area contributed by atoms with Crippen LogP contribution in [0.25, 0.3) is 0 Å². The van der Waals surface area contributed by atoms with E-state index in [0.717, 1.165) is 30.4 Å². The van der Waals surface area contributed by atoms with Crippen molar-refractivity contribution in [1.82, 2.24) is 0 Å². The molecule has 1 aliphatic rings. The van der Waals surface area contributed by atoms with Crippen molar-refractivity contribution in [3.63, 3.8) is 0 Å². The van der Waals surface area contributed by atoms with Gasteiger partial charge in [-0.15, -0.1) is 0 Å². The standard InChI is InChI=1S/C17H17NO3/c19-17-14(11-13-3-1-2-4-16(13)17)8-5-12-6-9-15(10-7-12)18(20)21/h1-4,6-7,9-10,14,17,19H,5,8,11H2. The third-order valence-corrected chi connectivity index (χ3v) is 4.25. The van der Waals surface area contributed by atoms with Crippen LogP contribution in [0.4, 0.5) is 5.69 Å². The molecule has 0 bridgehead atoms. The monoisotopic (exact) mass is 283 g/mol. The van der Waals surface area contributed by atoms with Crippen LogP contribution in [0.5, 0.6) is 0 Å². The largest absolute Gasteiger partial charge is 0.388 e. The van der Waals surface area contributed by atoms with Gasteiger partial charge in [0.1, 0.15) is 0 Å². The summed E-state index contributed by atoms with van der Waals surface area (Å²) in [5, 5.41) is 21.0. The molecule has 0 fully saturated rings. The molecule has 4 heteroatoms. The maximum absolute atomic E-state index is 10.6. The summed E-state index contributed by atoms with van der Waals surface area (Å²) in [4.78, 5) is 10.2. The van der Waals surface area contributed by atoms with Crippen molar-refractivity contribution in [3.8, 4) is 0 Å². The average molecular weight is 283 g/mol. The Morgan fingerprint density at radius 2 is 1.86 bits per heavy atom. The lowest BCUT2D eigenvalue weighted by Gasteiger charge is -2.14. The fraction of sp³-hybridized carbons (Fsp3) is 0.294. The van der Waals surface area contributed by atoms with Gasteiger partial charge in [-0.2, -0.15) is 0 Å². The molecule has 3 rings (SSSR count). The first-order valence-corrected chi connectivity index (χ1v) is 7.14. The predicted octanol–water partition coefficient (Wildman–Crippen LogP) is 3.43. The molecule has 2 aromatic rings. The number of nitro benzene ring substituents is 1. The van der Waals surface area contributed by atoms with E-state index in [9.17, 15) is 15.2 Å². The van der Waals surface area contributed by atoms with Crippen LogP contribution < -0.4 is 0 Å². The summed E-state index contributed by atoms with van der Waals surface area (Å²) >= 11 is 0. The van der Waals surface area contributed by atoms with Crippen molar-refractivity contribution in [2.24, 2.45) is 5.92 Å². The second-order valence-corrected chi connectivity index (χ2v) is 5.57. The summed E-state index contributed by atoms with van der Waals surface area (Å²) in [5.41, 5.74) is 3.47. The summed E-state index contributed by atoms with van der Waals surface area (Å²) in [5.74, 6) is 0.234. The van der Waals surface area contributed by atoms with Crippen LogP contribution in [0.2, 0.25) is 0 Å². The zero-order chi connectivity index (χ0) is 14.8. The van der Waals surface area contributed by atoms with Gasteiger partial charge in [0.15, 0.2) is 0 Å². The number of aryl methyl sites for hydroxylation is 1. The molecule has 0 amide bonds. The highest BCUT2D eigenvalue weighted by molar-refractivity contribution is 5.35. The fourth-order valence-corrected chi connectivity index (χ4v) is 3.05. The van der Waals surface area contributed by atoms with Crippen molar-refractivity contribution in [2.45, 2.75) is 25.4 Å². The minimum Gasteiger partial charge on any atom is -0.388 e. The minimum atomic E-state index is -0.390. The van der Waals surface area contributed by atoms with Crippen LogP contribution in [-0.2, 0) is 12.8 Å². The van der Waals surface area contributed by atoms with Gasteiger partial charge in [-0.05, 0) is 41.9 Å². The Kier molecular flexibility index (Phi) is 3.71. The second-order valence-electron chi connectivity index (χ2n) is 5.57. The van der Waals surface area contributed by atoms with Crippen molar-refractivity contribution < 1.29 is 10.0 Å². The molecular formula is C17H17NO3. The SMILES string of the molecule is O=[N+]([O-])c1ccc(CCC2Cc3ccccc3C2O)cc1. The third-order valence-electron chi connectivity index (χ3n) is 4.25. The molecular weight excluding hydrogens is 266 g/mol. The Labute approximate surface area is 123 Å². The summed E-state index contributed by atoms with van der Waals surface area (Å²) in [6, 6.07) is 14.7. The summed E-state index contributed by atoms with van der Waals surface area (Å²) in [7, 11) is 0. The number of nitrogens with zero attached hydrogens (tertiary/aromatic N) is 1. The van der Waals surface area contributed by atoms with E-state index < -0.39 is 0 Å². The third kappa shape index (κ3) is 2.81. The second kappa shape index (κ2) is 5.66. The van der Waals surface area contributed by atoms with E-state index in [-0.39, 0.29) is 22.6 Å². The van der Waals surface area contributed by atoms with E-state index in [2.05, 4.69) is 6.07 Å². The van der Waals surface area contributed by atoms with Crippen LogP contribution in [-0.4, -0.2) is 10.0 Å². The summed E-state index contributed by atoms with van der Waals surface area (Å²) < 4.78 is 0. The Hall–Kier alpha value is -2.20. The van der Waals surface area contributed by atoms with Gasteiger partial charge in [-0.3, -0.25) is 10.1 Å². The normalized spacial score (nSPS) is 20.2. The van der Waals surface area contributed by atoms with Gasteiger partial charge in [0.25, 0.3) is 5.69 Å². The number of hydrogen-bond donors (Lipinski definition) is 1. The number of rotatable bonds is 4. The predicted molar refractivity (Wildman–Crippen MR) is 80.0 cm³/mol. The van der Waals surface area contributed by atoms with Crippen LogP contribution >= 0.6 is 0 Å². The quantitative estimate of drug-likeness (QED) is 0.690. The molecule has 108 valence electrons. The first kappa shape index (κ1) is 13.8. The van der Waals surface area contributed by atoms with Gasteiger partial charge in [-0.1, -0.05) is 36.4 Å². The number of aliphatic hydroxyl groups excluding tert-OH is 1. The Morgan fingerprint density at radius 1 is 1.14 bits per heavy atom. The van der Waals surface area contributed by atoms with Crippen molar-refractivity contribution >= 4 is 5.69 Å².